The van der Waals surface area contributed by atoms with E-state index in [1.165, 1.54) is 30.9 Å². The molecule has 2 aliphatic heterocycles. The van der Waals surface area contributed by atoms with Gasteiger partial charge in [0.1, 0.15) is 38.1 Å². The zero-order chi connectivity index (χ0) is 43.8. The van der Waals surface area contributed by atoms with Crippen molar-refractivity contribution in [2.45, 2.75) is 70.1 Å². The highest BCUT2D eigenvalue weighted by atomic mass is 16.9. The number of rotatable bonds is 13. The Hall–Kier alpha value is -6.78. The lowest BCUT2D eigenvalue weighted by molar-refractivity contribution is -0.271. The maximum Gasteiger partial charge on any atom is 0.350 e. The molecular formula is C48H42O15. The topological polar surface area (TPSA) is 185 Å². The molecule has 15 nitrogen and oxygen atoms in total. The van der Waals surface area contributed by atoms with Crippen molar-refractivity contribution < 1.29 is 60.4 Å². The highest BCUT2D eigenvalue weighted by Gasteiger charge is 2.55. The van der Waals surface area contributed by atoms with E-state index in [-0.39, 0.29) is 54.0 Å². The monoisotopic (exact) mass is 858 g/mol. The second-order valence-electron chi connectivity index (χ2n) is 16.8. The van der Waals surface area contributed by atoms with Gasteiger partial charge in [0.05, 0.1) is 30.0 Å². The van der Waals surface area contributed by atoms with Gasteiger partial charge in [0.15, 0.2) is 33.7 Å². The van der Waals surface area contributed by atoms with Crippen LogP contribution in [0.2, 0.25) is 0 Å². The Balaban J connectivity index is 0.863. The molecular weight excluding hydrogens is 817 g/mol. The zero-order valence-electron chi connectivity index (χ0n) is 34.9. The normalized spacial score (nSPS) is 19.2. The third-order valence-corrected chi connectivity index (χ3v) is 11.4. The van der Waals surface area contributed by atoms with Crippen LogP contribution in [0, 0.1) is 0 Å². The van der Waals surface area contributed by atoms with Gasteiger partial charge in [0.25, 0.3) is 0 Å². The quantitative estimate of drug-likeness (QED) is 0.0855. The summed E-state index contributed by atoms with van der Waals surface area (Å²) in [5.41, 5.74) is -0.287. The fraction of sp³-hybridized carbons (Fsp3) is 0.292. The largest absolute Gasteiger partial charge is 0.483 e. The Labute approximate surface area is 357 Å². The molecule has 1 saturated heterocycles. The van der Waals surface area contributed by atoms with Gasteiger partial charge in [0, 0.05) is 50.7 Å². The summed E-state index contributed by atoms with van der Waals surface area (Å²) >= 11 is 0. The fourth-order valence-corrected chi connectivity index (χ4v) is 7.84. The van der Waals surface area contributed by atoms with Crippen molar-refractivity contribution in [1.82, 2.24) is 0 Å². The molecule has 4 atom stereocenters. The third-order valence-electron chi connectivity index (χ3n) is 11.4. The van der Waals surface area contributed by atoms with Gasteiger partial charge in [-0.15, -0.1) is 0 Å². The van der Waals surface area contributed by atoms with Crippen LogP contribution in [-0.4, -0.2) is 60.4 Å². The third kappa shape index (κ3) is 7.22. The maximum absolute atomic E-state index is 12.2. The number of ether oxygens (including phenoxy) is 7. The number of aliphatic hydroxyl groups excluding tert-OH is 1. The highest BCUT2D eigenvalue weighted by molar-refractivity contribution is 6.01. The molecule has 0 aliphatic carbocycles. The average molecular weight is 859 g/mol. The van der Waals surface area contributed by atoms with Crippen LogP contribution in [0.4, 0.5) is 0 Å². The lowest BCUT2D eigenvalue weighted by Gasteiger charge is -2.35. The lowest BCUT2D eigenvalue weighted by Crippen LogP contribution is -2.46. The average Bonchev–Trinajstić information content (AvgIpc) is 4.06. The summed E-state index contributed by atoms with van der Waals surface area (Å²) in [7, 11) is 0. The van der Waals surface area contributed by atoms with Crippen LogP contribution >= 0.6 is 0 Å². The van der Waals surface area contributed by atoms with E-state index in [4.69, 9.17) is 55.2 Å². The Bertz CT molecular complexity index is 3230. The van der Waals surface area contributed by atoms with E-state index in [9.17, 15) is 14.7 Å². The first kappa shape index (κ1) is 40.3. The van der Waals surface area contributed by atoms with Gasteiger partial charge in [-0.05, 0) is 94.8 Å². The van der Waals surface area contributed by atoms with Gasteiger partial charge in [-0.2, -0.15) is 0 Å². The number of fused-ring (bicyclic) bond motifs is 6. The van der Waals surface area contributed by atoms with Gasteiger partial charge in [-0.3, -0.25) is 0 Å². The summed E-state index contributed by atoms with van der Waals surface area (Å²) in [6, 6.07) is 17.0. The number of hydrogen-bond donors (Lipinski definition) is 1. The predicted octanol–water partition coefficient (Wildman–Crippen LogP) is 9.03. The van der Waals surface area contributed by atoms with Gasteiger partial charge in [-0.25, -0.2) is 9.59 Å². The minimum atomic E-state index is -1.71. The van der Waals surface area contributed by atoms with Gasteiger partial charge in [-0.1, -0.05) is 6.58 Å². The predicted molar refractivity (Wildman–Crippen MR) is 229 cm³/mol. The SMILES string of the molecule is C=C(C)C(COc1c2occc2cc2ccc(=O)oc12)OC(C)(C)C(O)COc1c2c(cc3ccoc13)C=C[C@@]1(O2)O[C@H](COc2c3occc3cc3ccc(=O)oc23)C(C)(C)O1. The van der Waals surface area contributed by atoms with Crippen molar-refractivity contribution >= 4 is 60.9 Å². The Morgan fingerprint density at radius 1 is 0.746 bits per heavy atom. The zero-order valence-corrected chi connectivity index (χ0v) is 34.9. The minimum absolute atomic E-state index is 0.0318. The summed E-state index contributed by atoms with van der Waals surface area (Å²) in [5.74, 6) is -0.735. The van der Waals surface area contributed by atoms with Crippen LogP contribution in [-0.2, 0) is 14.2 Å². The molecule has 10 rings (SSSR count). The first-order valence-electron chi connectivity index (χ1n) is 20.3. The van der Waals surface area contributed by atoms with Crippen LogP contribution in [0.25, 0.3) is 60.9 Å². The van der Waals surface area contributed by atoms with Gasteiger partial charge in [0.2, 0.25) is 17.2 Å². The molecule has 0 amide bonds. The van der Waals surface area contributed by atoms with Crippen molar-refractivity contribution in [3.63, 3.8) is 0 Å². The van der Waals surface area contributed by atoms with Crippen LogP contribution < -0.4 is 30.2 Å². The van der Waals surface area contributed by atoms with Crippen LogP contribution in [0.15, 0.2) is 129 Å². The van der Waals surface area contributed by atoms with Crippen LogP contribution in [0.1, 0.15) is 40.2 Å². The summed E-state index contributed by atoms with van der Waals surface area (Å²) < 4.78 is 73.5. The second-order valence-corrected chi connectivity index (χ2v) is 16.8. The number of hydrogen-bond acceptors (Lipinski definition) is 15. The fourth-order valence-electron chi connectivity index (χ4n) is 7.84. The van der Waals surface area contributed by atoms with Crippen molar-refractivity contribution in [2.75, 3.05) is 19.8 Å². The maximum atomic E-state index is 12.2. The van der Waals surface area contributed by atoms with Gasteiger partial charge < -0.3 is 60.4 Å². The number of aliphatic hydroxyl groups is 1. The first-order valence-corrected chi connectivity index (χ1v) is 20.3. The molecule has 0 saturated carbocycles. The molecule has 63 heavy (non-hydrogen) atoms. The van der Waals surface area contributed by atoms with Crippen LogP contribution in [0.3, 0.4) is 0 Å². The van der Waals surface area contributed by atoms with Gasteiger partial charge >= 0.3 is 17.2 Å². The van der Waals surface area contributed by atoms with E-state index in [1.807, 2.05) is 38.1 Å². The molecule has 0 radical (unpaired) electrons. The standard InChI is InChI=1S/C48H42O15/c1-25(2)32(22-55-43-37-29(12-16-52-37)19-26-7-9-35(50)58-40(26)43)60-46(3,4)33(49)23-56-45-39-31(14-18-54-39)21-28-11-15-48(62-42(28)45)61-34(47(5,6)63-48)24-57-44-38-30(13-17-53-38)20-27-8-10-36(51)59-41(27)44/h7-21,32-34,49H,1,22-24H2,2-6H3/t32?,33?,34-,48+/m1/s1. The smallest absolute Gasteiger partial charge is 0.350 e. The van der Waals surface area contributed by atoms with E-state index in [2.05, 4.69) is 6.58 Å². The van der Waals surface area contributed by atoms with E-state index < -0.39 is 46.7 Å². The van der Waals surface area contributed by atoms with E-state index in [0.717, 1.165) is 16.2 Å². The van der Waals surface area contributed by atoms with Crippen LogP contribution in [0.5, 0.6) is 23.0 Å². The Morgan fingerprint density at radius 3 is 1.89 bits per heavy atom. The Morgan fingerprint density at radius 2 is 1.29 bits per heavy atom. The summed E-state index contributed by atoms with van der Waals surface area (Å²) in [6.07, 6.45) is 5.44. The molecule has 7 heterocycles. The molecule has 324 valence electrons. The second kappa shape index (κ2) is 14.9. The molecule has 3 aromatic carbocycles. The van der Waals surface area contributed by atoms with E-state index in [0.29, 0.717) is 38.7 Å². The summed E-state index contributed by atoms with van der Waals surface area (Å²) in [5, 5.41) is 15.3. The molecule has 8 aromatic rings. The van der Waals surface area contributed by atoms with Crippen molar-refractivity contribution in [3.8, 4) is 23.0 Å². The van der Waals surface area contributed by atoms with Crippen molar-refractivity contribution in [3.05, 3.63) is 124 Å². The number of furan rings is 3. The first-order chi connectivity index (χ1) is 30.2. The molecule has 2 aliphatic rings. The molecule has 0 bridgehead atoms. The van der Waals surface area contributed by atoms with E-state index >= 15 is 0 Å². The molecule has 15 heteroatoms. The highest BCUT2D eigenvalue weighted by Crippen LogP contribution is 2.49. The van der Waals surface area contributed by atoms with Crippen molar-refractivity contribution in [1.29, 1.82) is 0 Å². The summed E-state index contributed by atoms with van der Waals surface area (Å²) in [6.45, 7) is 12.7. The minimum Gasteiger partial charge on any atom is -0.483 e. The lowest BCUT2D eigenvalue weighted by atomic mass is 10.0. The molecule has 1 spiro atoms. The molecule has 2 unspecified atom stereocenters. The number of benzene rings is 3. The van der Waals surface area contributed by atoms with Crippen molar-refractivity contribution in [2.24, 2.45) is 0 Å². The Kier molecular flexibility index (Phi) is 9.56. The summed E-state index contributed by atoms with van der Waals surface area (Å²) in [4.78, 5) is 24.4. The molecule has 5 aromatic heterocycles. The molecule has 1 N–H and O–H groups in total. The van der Waals surface area contributed by atoms with E-state index in [1.54, 1.807) is 57.2 Å². The molecule has 1 fully saturated rings.